The molecule has 3 nitrogen and oxygen atoms in total. The van der Waals surface area contributed by atoms with E-state index in [2.05, 4.69) is 17.3 Å². The second kappa shape index (κ2) is 8.36. The van der Waals surface area contributed by atoms with Crippen LogP contribution in [-0.2, 0) is 9.53 Å². The third kappa shape index (κ3) is 6.64. The SMILES string of the molecule is COC(C(=O)O)c1ccccc1.[CH3][Ge]([CH3])[CH3]. The molecule has 4 heteroatoms. The van der Waals surface area contributed by atoms with Gasteiger partial charge in [-0.3, -0.25) is 0 Å². The monoisotopic (exact) mass is 285 g/mol. The van der Waals surface area contributed by atoms with Crippen molar-refractivity contribution in [1.29, 1.82) is 0 Å². The van der Waals surface area contributed by atoms with Gasteiger partial charge in [-0.25, -0.2) is 4.79 Å². The van der Waals surface area contributed by atoms with Crippen molar-refractivity contribution in [2.45, 2.75) is 23.4 Å². The van der Waals surface area contributed by atoms with Gasteiger partial charge in [-0.1, -0.05) is 30.3 Å². The first-order chi connectivity index (χ1) is 7.49. The van der Waals surface area contributed by atoms with Crippen molar-refractivity contribution in [2.75, 3.05) is 7.11 Å². The van der Waals surface area contributed by atoms with E-state index in [9.17, 15) is 4.79 Å². The van der Waals surface area contributed by atoms with Crippen LogP contribution in [0.4, 0.5) is 0 Å². The molecule has 16 heavy (non-hydrogen) atoms. The molecule has 0 bridgehead atoms. The minimum atomic E-state index is -0.969. The van der Waals surface area contributed by atoms with Crippen LogP contribution < -0.4 is 0 Å². The fourth-order valence-electron chi connectivity index (χ4n) is 1.01. The van der Waals surface area contributed by atoms with Crippen LogP contribution in [0, 0.1) is 0 Å². The van der Waals surface area contributed by atoms with E-state index in [-0.39, 0.29) is 14.3 Å². The van der Waals surface area contributed by atoms with Gasteiger partial charge in [0.2, 0.25) is 0 Å². The molecule has 0 spiro atoms. The van der Waals surface area contributed by atoms with Gasteiger partial charge < -0.3 is 9.84 Å². The molecule has 1 N–H and O–H groups in total. The molecule has 89 valence electrons. The number of carbonyl (C=O) groups is 1. The van der Waals surface area contributed by atoms with Crippen molar-refractivity contribution in [2.24, 2.45) is 0 Å². The van der Waals surface area contributed by atoms with Crippen LogP contribution in [0.15, 0.2) is 30.3 Å². The zero-order valence-electron chi connectivity index (χ0n) is 10.2. The van der Waals surface area contributed by atoms with Crippen LogP contribution in [0.5, 0.6) is 0 Å². The van der Waals surface area contributed by atoms with E-state index < -0.39 is 12.1 Å². The van der Waals surface area contributed by atoms with Gasteiger partial charge in [0, 0.05) is 7.11 Å². The fraction of sp³-hybridized carbons (Fsp3) is 0.417. The molecule has 0 aliphatic carbocycles. The Morgan fingerprint density at radius 3 is 2.00 bits per heavy atom. The summed E-state index contributed by atoms with van der Waals surface area (Å²) in [5, 5.41) is 8.70. The van der Waals surface area contributed by atoms with Gasteiger partial charge in [-0.05, 0) is 5.56 Å². The average Bonchev–Trinajstić information content (AvgIpc) is 2.19. The van der Waals surface area contributed by atoms with Crippen molar-refractivity contribution in [3.63, 3.8) is 0 Å². The van der Waals surface area contributed by atoms with Gasteiger partial charge in [-0.15, -0.1) is 0 Å². The molecule has 1 atom stereocenters. The second-order valence-electron chi connectivity index (χ2n) is 3.86. The molecule has 0 aliphatic heterocycles. The summed E-state index contributed by atoms with van der Waals surface area (Å²) in [6, 6.07) is 8.84. The molecule has 0 heterocycles. The van der Waals surface area contributed by atoms with Crippen LogP contribution >= 0.6 is 0 Å². The Kier molecular flexibility index (Phi) is 7.94. The zero-order chi connectivity index (χ0) is 12.6. The van der Waals surface area contributed by atoms with E-state index in [4.69, 9.17) is 9.84 Å². The Labute approximate surface area is 102 Å². The van der Waals surface area contributed by atoms with Crippen molar-refractivity contribution in [3.8, 4) is 0 Å². The Bertz CT molecular complexity index is 296. The van der Waals surface area contributed by atoms with Gasteiger partial charge in [0.15, 0.2) is 6.10 Å². The molecule has 0 fully saturated rings. The number of carboxylic acids is 1. The predicted molar refractivity (Wildman–Crippen MR) is 67.2 cm³/mol. The number of carboxylic acid groups (broad SMARTS) is 1. The Hall–Kier alpha value is -0.807. The van der Waals surface area contributed by atoms with Crippen LogP contribution in [0.1, 0.15) is 11.7 Å². The summed E-state index contributed by atoms with van der Waals surface area (Å²) in [4.78, 5) is 10.6. The number of ether oxygens (including phenoxy) is 1. The van der Waals surface area contributed by atoms with Crippen LogP contribution in [0.3, 0.4) is 0 Å². The van der Waals surface area contributed by atoms with Gasteiger partial charge in [-0.2, -0.15) is 0 Å². The van der Waals surface area contributed by atoms with Crippen molar-refractivity contribution in [3.05, 3.63) is 35.9 Å². The molecule has 0 amide bonds. The molecule has 1 radical (unpaired) electrons. The molecule has 0 aromatic heterocycles. The number of aliphatic carboxylic acids is 1. The maximum atomic E-state index is 10.6. The summed E-state index contributed by atoms with van der Waals surface area (Å²) in [6.45, 7) is 0. The summed E-state index contributed by atoms with van der Waals surface area (Å²) < 4.78 is 4.80. The summed E-state index contributed by atoms with van der Waals surface area (Å²) >= 11 is -0.333. The van der Waals surface area contributed by atoms with Crippen LogP contribution in [-0.4, -0.2) is 32.5 Å². The molecule has 1 rings (SSSR count). The quantitative estimate of drug-likeness (QED) is 0.868. The molecule has 1 aromatic rings. The first-order valence-corrected chi connectivity index (χ1v) is 11.4. The molecule has 0 aliphatic rings. The number of benzene rings is 1. The normalized spacial score (nSPS) is 11.6. The standard InChI is InChI=1S/C9H10O3.C3H9Ge/c1-12-8(9(10)11)7-5-3-2-4-6-7;1-4(2)3/h2-6,8H,1H3,(H,10,11);1-3H3. The van der Waals surface area contributed by atoms with E-state index in [1.165, 1.54) is 7.11 Å². The van der Waals surface area contributed by atoms with Crippen molar-refractivity contribution in [1.82, 2.24) is 0 Å². The van der Waals surface area contributed by atoms with E-state index in [1.54, 1.807) is 24.3 Å². The number of rotatable bonds is 3. The molecule has 0 saturated carbocycles. The Morgan fingerprint density at radius 2 is 1.69 bits per heavy atom. The topological polar surface area (TPSA) is 46.5 Å². The van der Waals surface area contributed by atoms with Gasteiger partial charge in [0.05, 0.1) is 0 Å². The summed E-state index contributed by atoms with van der Waals surface area (Å²) in [7, 11) is 1.38. The molecule has 1 aromatic carbocycles. The third-order valence-electron chi connectivity index (χ3n) is 1.56. The average molecular weight is 284 g/mol. The van der Waals surface area contributed by atoms with Crippen LogP contribution in [0.25, 0.3) is 0 Å². The van der Waals surface area contributed by atoms with E-state index in [1.807, 2.05) is 6.07 Å². The van der Waals surface area contributed by atoms with Crippen LogP contribution in [0.2, 0.25) is 17.3 Å². The van der Waals surface area contributed by atoms with Gasteiger partial charge >= 0.3 is 37.6 Å². The number of hydrogen-bond donors (Lipinski definition) is 1. The molecular weight excluding hydrogens is 265 g/mol. The van der Waals surface area contributed by atoms with E-state index >= 15 is 0 Å². The van der Waals surface area contributed by atoms with Crippen molar-refractivity contribution < 1.29 is 14.6 Å². The minimum absolute atomic E-state index is 0.333. The second-order valence-corrected chi connectivity index (χ2v) is 10.2. The summed E-state index contributed by atoms with van der Waals surface area (Å²) in [6.07, 6.45) is -0.855. The third-order valence-corrected chi connectivity index (χ3v) is 1.56. The number of methoxy groups -OCH3 is 1. The van der Waals surface area contributed by atoms with Gasteiger partial charge in [0.1, 0.15) is 0 Å². The first kappa shape index (κ1) is 15.2. The van der Waals surface area contributed by atoms with E-state index in [0.29, 0.717) is 5.56 Å². The molecule has 1 unspecified atom stereocenters. The van der Waals surface area contributed by atoms with E-state index in [0.717, 1.165) is 0 Å². The summed E-state index contributed by atoms with van der Waals surface area (Å²) in [5.41, 5.74) is 0.660. The Balaban J connectivity index is 0.000000487. The maximum absolute atomic E-state index is 10.6. The first-order valence-electron chi connectivity index (χ1n) is 5.06. The fourth-order valence-corrected chi connectivity index (χ4v) is 1.01. The number of hydrogen-bond acceptors (Lipinski definition) is 2. The zero-order valence-corrected chi connectivity index (χ0v) is 12.3. The van der Waals surface area contributed by atoms with Crippen molar-refractivity contribution >= 4 is 20.3 Å². The summed E-state index contributed by atoms with van der Waals surface area (Å²) in [5.74, 6) is 6.03. The van der Waals surface area contributed by atoms with Gasteiger partial charge in [0.25, 0.3) is 0 Å². The Morgan fingerprint density at radius 1 is 1.25 bits per heavy atom. The predicted octanol–water partition coefficient (Wildman–Crippen LogP) is 2.83. The molecule has 0 saturated heterocycles. The molecular formula is C12H19GeO3.